The van der Waals surface area contributed by atoms with Gasteiger partial charge in [0, 0.05) is 35.4 Å². The molecule has 2 aromatic carbocycles. The summed E-state index contributed by atoms with van der Waals surface area (Å²) in [6.07, 6.45) is 1.21. The number of amides is 2. The number of carbonyl (C=O) groups excluding carboxylic acids is 2. The molecule has 7 nitrogen and oxygen atoms in total. The van der Waals surface area contributed by atoms with Crippen molar-refractivity contribution in [2.75, 3.05) is 23.7 Å². The molecule has 2 aromatic rings. The first-order chi connectivity index (χ1) is 14.7. The second kappa shape index (κ2) is 9.80. The molecule has 1 saturated heterocycles. The van der Waals surface area contributed by atoms with E-state index in [1.165, 1.54) is 28.6 Å². The Morgan fingerprint density at radius 3 is 2.16 bits per heavy atom. The lowest BCUT2D eigenvalue weighted by Gasteiger charge is -2.31. The number of hydrogen-bond acceptors (Lipinski definition) is 4. The van der Waals surface area contributed by atoms with E-state index in [2.05, 4.69) is 10.6 Å². The third kappa shape index (κ3) is 5.84. The number of nitrogens with zero attached hydrogens (tertiary/aromatic N) is 1. The predicted molar refractivity (Wildman–Crippen MR) is 121 cm³/mol. The van der Waals surface area contributed by atoms with Crippen LogP contribution in [-0.2, 0) is 19.6 Å². The molecule has 1 aliphatic rings. The zero-order valence-corrected chi connectivity index (χ0v) is 19.0. The SMILES string of the molecule is CC(C)C(=O)Nc1ccc(NC(=O)C2CCCN(S(=O)(=O)c3ccc(Cl)cc3)C2)cc1. The molecule has 166 valence electrons. The Morgan fingerprint density at radius 1 is 1.00 bits per heavy atom. The second-order valence-corrected chi connectivity index (χ2v) is 10.2. The fourth-order valence-electron chi connectivity index (χ4n) is 3.30. The number of piperidine rings is 1. The van der Waals surface area contributed by atoms with E-state index in [0.29, 0.717) is 35.8 Å². The van der Waals surface area contributed by atoms with Gasteiger partial charge in [-0.1, -0.05) is 25.4 Å². The first kappa shape index (κ1) is 23.2. The quantitative estimate of drug-likeness (QED) is 0.677. The molecule has 0 saturated carbocycles. The lowest BCUT2D eigenvalue weighted by Crippen LogP contribution is -2.43. The molecule has 1 fully saturated rings. The Bertz CT molecular complexity index is 1040. The molecule has 1 heterocycles. The molecular weight excluding hydrogens is 438 g/mol. The maximum atomic E-state index is 12.9. The smallest absolute Gasteiger partial charge is 0.243 e. The van der Waals surface area contributed by atoms with Gasteiger partial charge in [0.15, 0.2) is 0 Å². The van der Waals surface area contributed by atoms with Gasteiger partial charge >= 0.3 is 0 Å². The predicted octanol–water partition coefficient (Wildman–Crippen LogP) is 3.97. The number of rotatable bonds is 6. The fraction of sp³-hybridized carbons (Fsp3) is 0.364. The Labute approximate surface area is 187 Å². The van der Waals surface area contributed by atoms with Crippen LogP contribution >= 0.6 is 11.6 Å². The van der Waals surface area contributed by atoms with Gasteiger partial charge in [-0.2, -0.15) is 4.31 Å². The van der Waals surface area contributed by atoms with E-state index in [-0.39, 0.29) is 29.2 Å². The average molecular weight is 464 g/mol. The first-order valence-corrected chi connectivity index (χ1v) is 12.0. The van der Waals surface area contributed by atoms with Crippen molar-refractivity contribution in [2.45, 2.75) is 31.6 Å². The van der Waals surface area contributed by atoms with Crippen LogP contribution < -0.4 is 10.6 Å². The maximum absolute atomic E-state index is 12.9. The molecule has 2 N–H and O–H groups in total. The van der Waals surface area contributed by atoms with Crippen LogP contribution in [0, 0.1) is 11.8 Å². The first-order valence-electron chi connectivity index (χ1n) is 10.1. The monoisotopic (exact) mass is 463 g/mol. The van der Waals surface area contributed by atoms with Crippen LogP contribution in [0.3, 0.4) is 0 Å². The molecule has 2 amide bonds. The molecule has 9 heteroatoms. The Kier molecular flexibility index (Phi) is 7.35. The minimum atomic E-state index is -3.69. The standard InChI is InChI=1S/C22H26ClN3O4S/c1-15(2)21(27)24-18-7-9-19(10-8-18)25-22(28)16-4-3-13-26(14-16)31(29,30)20-11-5-17(23)6-12-20/h5-12,15-16H,3-4,13-14H2,1-2H3,(H,24,27)(H,25,28). The number of carbonyl (C=O) groups is 2. The minimum absolute atomic E-state index is 0.0824. The molecule has 0 bridgehead atoms. The van der Waals surface area contributed by atoms with Crippen molar-refractivity contribution >= 4 is 44.8 Å². The van der Waals surface area contributed by atoms with Crippen molar-refractivity contribution in [1.29, 1.82) is 0 Å². The summed E-state index contributed by atoms with van der Waals surface area (Å²) in [6, 6.07) is 12.9. The van der Waals surface area contributed by atoms with E-state index in [4.69, 9.17) is 11.6 Å². The van der Waals surface area contributed by atoms with Crippen LogP contribution in [0.1, 0.15) is 26.7 Å². The topological polar surface area (TPSA) is 95.6 Å². The summed E-state index contributed by atoms with van der Waals surface area (Å²) in [5.74, 6) is -0.884. The van der Waals surface area contributed by atoms with Crippen LogP contribution in [0.2, 0.25) is 5.02 Å². The average Bonchev–Trinajstić information content (AvgIpc) is 2.75. The van der Waals surface area contributed by atoms with Crippen LogP contribution in [0.4, 0.5) is 11.4 Å². The van der Waals surface area contributed by atoms with E-state index >= 15 is 0 Å². The van der Waals surface area contributed by atoms with E-state index in [9.17, 15) is 18.0 Å². The lowest BCUT2D eigenvalue weighted by atomic mass is 9.98. The zero-order valence-electron chi connectivity index (χ0n) is 17.5. The molecular formula is C22H26ClN3O4S. The molecule has 1 aliphatic heterocycles. The van der Waals surface area contributed by atoms with Crippen LogP contribution in [0.15, 0.2) is 53.4 Å². The van der Waals surface area contributed by atoms with Crippen molar-refractivity contribution in [3.8, 4) is 0 Å². The summed E-state index contributed by atoms with van der Waals surface area (Å²) in [5.41, 5.74) is 1.24. The number of halogens is 1. The van der Waals surface area contributed by atoms with Crippen LogP contribution in [-0.4, -0.2) is 37.6 Å². The highest BCUT2D eigenvalue weighted by Gasteiger charge is 2.33. The number of hydrogen-bond donors (Lipinski definition) is 2. The molecule has 0 aliphatic carbocycles. The fourth-order valence-corrected chi connectivity index (χ4v) is 4.95. The molecule has 0 radical (unpaired) electrons. The summed E-state index contributed by atoms with van der Waals surface area (Å²) in [5, 5.41) is 6.10. The van der Waals surface area contributed by atoms with Crippen molar-refractivity contribution in [3.63, 3.8) is 0 Å². The van der Waals surface area contributed by atoms with Crippen LogP contribution in [0.5, 0.6) is 0 Å². The van der Waals surface area contributed by atoms with Gasteiger partial charge in [0.05, 0.1) is 10.8 Å². The second-order valence-electron chi connectivity index (χ2n) is 7.87. The maximum Gasteiger partial charge on any atom is 0.243 e. The third-order valence-corrected chi connectivity index (χ3v) is 7.28. The molecule has 1 atom stereocenters. The van der Waals surface area contributed by atoms with E-state index < -0.39 is 15.9 Å². The van der Waals surface area contributed by atoms with Gasteiger partial charge in [-0.05, 0) is 61.4 Å². The summed E-state index contributed by atoms with van der Waals surface area (Å²) < 4.78 is 27.2. The highest BCUT2D eigenvalue weighted by atomic mass is 35.5. The highest BCUT2D eigenvalue weighted by Crippen LogP contribution is 2.26. The molecule has 0 aromatic heterocycles. The normalized spacial score (nSPS) is 17.4. The van der Waals surface area contributed by atoms with E-state index in [1.54, 1.807) is 24.3 Å². The summed E-state index contributed by atoms with van der Waals surface area (Å²) in [6.45, 7) is 4.12. The van der Waals surface area contributed by atoms with Gasteiger partial charge < -0.3 is 10.6 Å². The number of anilines is 2. The number of benzene rings is 2. The largest absolute Gasteiger partial charge is 0.326 e. The van der Waals surface area contributed by atoms with Crippen molar-refractivity contribution in [3.05, 3.63) is 53.6 Å². The summed E-state index contributed by atoms with van der Waals surface area (Å²) in [7, 11) is -3.69. The van der Waals surface area contributed by atoms with Crippen molar-refractivity contribution in [2.24, 2.45) is 11.8 Å². The molecule has 31 heavy (non-hydrogen) atoms. The molecule has 3 rings (SSSR count). The van der Waals surface area contributed by atoms with E-state index in [1.807, 2.05) is 13.8 Å². The van der Waals surface area contributed by atoms with Crippen molar-refractivity contribution in [1.82, 2.24) is 4.31 Å². The minimum Gasteiger partial charge on any atom is -0.326 e. The van der Waals surface area contributed by atoms with Gasteiger partial charge in [0.25, 0.3) is 0 Å². The Balaban J connectivity index is 1.63. The zero-order chi connectivity index (χ0) is 22.6. The van der Waals surface area contributed by atoms with Gasteiger partial charge in [-0.25, -0.2) is 8.42 Å². The number of sulfonamides is 1. The Hall–Kier alpha value is -2.42. The molecule has 0 spiro atoms. The highest BCUT2D eigenvalue weighted by molar-refractivity contribution is 7.89. The summed E-state index contributed by atoms with van der Waals surface area (Å²) in [4.78, 5) is 24.7. The van der Waals surface area contributed by atoms with Gasteiger partial charge in [-0.3, -0.25) is 9.59 Å². The number of nitrogens with one attached hydrogen (secondary N) is 2. The molecule has 1 unspecified atom stereocenters. The third-order valence-electron chi connectivity index (χ3n) is 5.15. The Morgan fingerprint density at radius 2 is 1.58 bits per heavy atom. The van der Waals surface area contributed by atoms with Crippen molar-refractivity contribution < 1.29 is 18.0 Å². The van der Waals surface area contributed by atoms with Gasteiger partial charge in [0.1, 0.15) is 0 Å². The summed E-state index contributed by atoms with van der Waals surface area (Å²) >= 11 is 5.86. The van der Waals surface area contributed by atoms with Gasteiger partial charge in [0.2, 0.25) is 21.8 Å². The lowest BCUT2D eigenvalue weighted by molar-refractivity contribution is -0.121. The van der Waals surface area contributed by atoms with Crippen LogP contribution in [0.25, 0.3) is 0 Å². The van der Waals surface area contributed by atoms with Gasteiger partial charge in [-0.15, -0.1) is 0 Å². The van der Waals surface area contributed by atoms with E-state index in [0.717, 1.165) is 0 Å².